The van der Waals surface area contributed by atoms with Gasteiger partial charge in [-0.25, -0.2) is 4.98 Å². The zero-order valence-corrected chi connectivity index (χ0v) is 9.90. The van der Waals surface area contributed by atoms with Gasteiger partial charge in [0.05, 0.1) is 0 Å². The third-order valence-electron chi connectivity index (χ3n) is 2.18. The van der Waals surface area contributed by atoms with E-state index in [-0.39, 0.29) is 11.8 Å². The predicted molar refractivity (Wildman–Crippen MR) is 61.9 cm³/mol. The van der Waals surface area contributed by atoms with Gasteiger partial charge in [-0.2, -0.15) is 0 Å². The van der Waals surface area contributed by atoms with E-state index in [0.717, 1.165) is 5.82 Å². The smallest absolute Gasteiger partial charge is 0.142 e. The lowest BCUT2D eigenvalue weighted by atomic mass is 10.2. The van der Waals surface area contributed by atoms with Crippen molar-refractivity contribution in [3.8, 4) is 5.75 Å². The number of aromatic nitrogens is 2. The van der Waals surface area contributed by atoms with E-state index >= 15 is 0 Å². The number of nitrogens with two attached hydrogens (primary N) is 1. The number of imidazole rings is 1. The van der Waals surface area contributed by atoms with Crippen molar-refractivity contribution < 1.29 is 5.11 Å². The fourth-order valence-corrected chi connectivity index (χ4v) is 2.17. The number of hydrogen-bond acceptors (Lipinski definition) is 3. The van der Waals surface area contributed by atoms with Gasteiger partial charge in [0.15, 0.2) is 0 Å². The highest BCUT2D eigenvalue weighted by Gasteiger charge is 2.12. The third kappa shape index (κ3) is 1.85. The van der Waals surface area contributed by atoms with Gasteiger partial charge < -0.3 is 10.8 Å². The normalized spacial score (nSPS) is 13.3. The molecule has 1 atom stereocenters. The van der Waals surface area contributed by atoms with Crippen LogP contribution in [0.4, 0.5) is 0 Å². The molecule has 0 spiro atoms. The molecule has 0 aliphatic carbocycles. The lowest BCUT2D eigenvalue weighted by Crippen LogP contribution is -2.19. The van der Waals surface area contributed by atoms with Gasteiger partial charge in [-0.05, 0) is 35.0 Å². The maximum Gasteiger partial charge on any atom is 0.142 e. The SMILES string of the molecule is CC(N)Cc1nc(Br)c2c(O)cccn12. The molecule has 2 aromatic rings. The first kappa shape index (κ1) is 10.4. The second-order valence-corrected chi connectivity index (χ2v) is 4.36. The van der Waals surface area contributed by atoms with Gasteiger partial charge in [0, 0.05) is 18.7 Å². The molecule has 15 heavy (non-hydrogen) atoms. The first-order valence-electron chi connectivity index (χ1n) is 4.69. The second kappa shape index (κ2) is 3.83. The molecule has 0 saturated heterocycles. The first-order chi connectivity index (χ1) is 7.09. The fraction of sp³-hybridized carbons (Fsp3) is 0.300. The van der Waals surface area contributed by atoms with Crippen molar-refractivity contribution in [2.75, 3.05) is 0 Å². The fourth-order valence-electron chi connectivity index (χ4n) is 1.57. The molecule has 0 radical (unpaired) electrons. The summed E-state index contributed by atoms with van der Waals surface area (Å²) in [4.78, 5) is 4.33. The molecule has 0 aliphatic rings. The number of hydrogen-bond donors (Lipinski definition) is 2. The Bertz CT molecular complexity index is 493. The van der Waals surface area contributed by atoms with E-state index in [2.05, 4.69) is 20.9 Å². The van der Waals surface area contributed by atoms with E-state index in [1.165, 1.54) is 0 Å². The molecule has 2 aromatic heterocycles. The minimum absolute atomic E-state index is 0.0462. The third-order valence-corrected chi connectivity index (χ3v) is 2.73. The number of aromatic hydroxyl groups is 1. The Kier molecular flexibility index (Phi) is 2.67. The summed E-state index contributed by atoms with van der Waals surface area (Å²) in [5, 5.41) is 9.68. The van der Waals surface area contributed by atoms with Gasteiger partial charge in [-0.1, -0.05) is 0 Å². The zero-order valence-electron chi connectivity index (χ0n) is 8.31. The molecule has 0 amide bonds. The van der Waals surface area contributed by atoms with Gasteiger partial charge >= 0.3 is 0 Å². The molecular weight excluding hydrogens is 258 g/mol. The van der Waals surface area contributed by atoms with Crippen LogP contribution in [0.25, 0.3) is 5.52 Å². The Morgan fingerprint density at radius 3 is 3.07 bits per heavy atom. The molecule has 5 heteroatoms. The molecule has 0 aromatic carbocycles. The van der Waals surface area contributed by atoms with E-state index in [0.29, 0.717) is 16.5 Å². The number of rotatable bonds is 2. The van der Waals surface area contributed by atoms with Crippen LogP contribution in [-0.4, -0.2) is 20.5 Å². The Labute approximate surface area is 95.9 Å². The van der Waals surface area contributed by atoms with Crippen molar-refractivity contribution in [1.82, 2.24) is 9.38 Å². The molecule has 2 heterocycles. The van der Waals surface area contributed by atoms with Crippen LogP contribution in [0.2, 0.25) is 0 Å². The molecule has 0 aliphatic heterocycles. The average Bonchev–Trinajstić information content (AvgIpc) is 2.44. The second-order valence-electron chi connectivity index (χ2n) is 3.61. The van der Waals surface area contributed by atoms with Gasteiger partial charge in [0.25, 0.3) is 0 Å². The lowest BCUT2D eigenvalue weighted by molar-refractivity contribution is 0.478. The summed E-state index contributed by atoms with van der Waals surface area (Å²) in [5.74, 6) is 1.07. The van der Waals surface area contributed by atoms with Gasteiger partial charge in [0.2, 0.25) is 0 Å². The van der Waals surface area contributed by atoms with Crippen LogP contribution in [0.15, 0.2) is 22.9 Å². The average molecular weight is 270 g/mol. The number of fused-ring (bicyclic) bond motifs is 1. The standard InChI is InChI=1S/C10H12BrN3O/c1-6(12)5-8-13-10(11)9-7(15)3-2-4-14(8)9/h2-4,6,15H,5,12H2,1H3. The highest BCUT2D eigenvalue weighted by atomic mass is 79.9. The Balaban J connectivity index is 2.63. The summed E-state index contributed by atoms with van der Waals surface area (Å²) in [6.07, 6.45) is 2.54. The summed E-state index contributed by atoms with van der Waals surface area (Å²) >= 11 is 3.33. The number of halogens is 1. The largest absolute Gasteiger partial charge is 0.506 e. The molecule has 2 rings (SSSR count). The summed E-state index contributed by atoms with van der Waals surface area (Å²) in [6.45, 7) is 1.93. The van der Waals surface area contributed by atoms with Crippen molar-refractivity contribution in [1.29, 1.82) is 0 Å². The van der Waals surface area contributed by atoms with Gasteiger partial charge in [-0.3, -0.25) is 4.40 Å². The van der Waals surface area contributed by atoms with E-state index in [4.69, 9.17) is 5.73 Å². The molecular formula is C10H12BrN3O. The highest BCUT2D eigenvalue weighted by Crippen LogP contribution is 2.27. The summed E-state index contributed by atoms with van der Waals surface area (Å²) in [5.41, 5.74) is 6.42. The minimum Gasteiger partial charge on any atom is -0.506 e. The first-order valence-corrected chi connectivity index (χ1v) is 5.49. The van der Waals surface area contributed by atoms with E-state index < -0.39 is 0 Å². The molecule has 0 bridgehead atoms. The summed E-state index contributed by atoms with van der Waals surface area (Å²) in [7, 11) is 0. The Hall–Kier alpha value is -1.07. The van der Waals surface area contributed by atoms with E-state index in [1.807, 2.05) is 17.5 Å². The van der Waals surface area contributed by atoms with Crippen LogP contribution >= 0.6 is 15.9 Å². The molecule has 0 fully saturated rings. The number of nitrogens with zero attached hydrogens (tertiary/aromatic N) is 2. The molecule has 80 valence electrons. The summed E-state index contributed by atoms with van der Waals surface area (Å²) < 4.78 is 2.50. The Morgan fingerprint density at radius 2 is 2.40 bits per heavy atom. The van der Waals surface area contributed by atoms with Crippen molar-refractivity contribution >= 4 is 21.4 Å². The van der Waals surface area contributed by atoms with Gasteiger partial charge in [0.1, 0.15) is 21.7 Å². The van der Waals surface area contributed by atoms with E-state index in [1.54, 1.807) is 12.1 Å². The van der Waals surface area contributed by atoms with Crippen molar-refractivity contribution in [2.45, 2.75) is 19.4 Å². The maximum absolute atomic E-state index is 9.68. The van der Waals surface area contributed by atoms with Gasteiger partial charge in [-0.15, -0.1) is 0 Å². The zero-order chi connectivity index (χ0) is 11.0. The van der Waals surface area contributed by atoms with Crippen molar-refractivity contribution in [3.05, 3.63) is 28.8 Å². The van der Waals surface area contributed by atoms with Crippen LogP contribution in [0.3, 0.4) is 0 Å². The van der Waals surface area contributed by atoms with Crippen LogP contribution in [0, 0.1) is 0 Å². The number of pyridine rings is 1. The molecule has 0 saturated carbocycles. The quantitative estimate of drug-likeness (QED) is 0.872. The highest BCUT2D eigenvalue weighted by molar-refractivity contribution is 9.10. The summed E-state index contributed by atoms with van der Waals surface area (Å²) in [6, 6.07) is 3.46. The molecule has 3 N–H and O–H groups in total. The molecule has 4 nitrogen and oxygen atoms in total. The van der Waals surface area contributed by atoms with Crippen molar-refractivity contribution in [3.63, 3.8) is 0 Å². The Morgan fingerprint density at radius 1 is 1.67 bits per heavy atom. The minimum atomic E-state index is 0.0462. The van der Waals surface area contributed by atoms with Crippen LogP contribution in [0.5, 0.6) is 5.75 Å². The molecule has 1 unspecified atom stereocenters. The van der Waals surface area contributed by atoms with Crippen LogP contribution in [0.1, 0.15) is 12.7 Å². The monoisotopic (exact) mass is 269 g/mol. The predicted octanol–water partition coefficient (Wildman–Crippen LogP) is 1.69. The van der Waals surface area contributed by atoms with Crippen LogP contribution in [-0.2, 0) is 6.42 Å². The topological polar surface area (TPSA) is 63.5 Å². The van der Waals surface area contributed by atoms with Crippen molar-refractivity contribution in [2.24, 2.45) is 5.73 Å². The van der Waals surface area contributed by atoms with Crippen LogP contribution < -0.4 is 5.73 Å². The maximum atomic E-state index is 9.68. The van der Waals surface area contributed by atoms with E-state index in [9.17, 15) is 5.11 Å². The lowest BCUT2D eigenvalue weighted by Gasteiger charge is -2.04.